The van der Waals surface area contributed by atoms with Gasteiger partial charge in [-0.2, -0.15) is 0 Å². The van der Waals surface area contributed by atoms with E-state index >= 15 is 0 Å². The fourth-order valence-corrected chi connectivity index (χ4v) is 3.37. The van der Waals surface area contributed by atoms with Crippen molar-refractivity contribution in [2.45, 2.75) is 52.1 Å². The average Bonchev–Trinajstić information content (AvgIpc) is 2.97. The van der Waals surface area contributed by atoms with Crippen LogP contribution in [0.5, 0.6) is 0 Å². The molecule has 1 aliphatic rings. The fourth-order valence-electron chi connectivity index (χ4n) is 2.82. The highest BCUT2D eigenvalue weighted by Gasteiger charge is 2.23. The van der Waals surface area contributed by atoms with E-state index in [0.29, 0.717) is 6.04 Å². The molecule has 0 aliphatic heterocycles. The quantitative estimate of drug-likeness (QED) is 0.663. The Labute approximate surface area is 126 Å². The van der Waals surface area contributed by atoms with Crippen molar-refractivity contribution in [2.24, 2.45) is 16.8 Å². The highest BCUT2D eigenvalue weighted by molar-refractivity contribution is 7.09. The highest BCUT2D eigenvalue weighted by Crippen LogP contribution is 2.29. The van der Waals surface area contributed by atoms with E-state index in [1.54, 1.807) is 11.3 Å². The van der Waals surface area contributed by atoms with Crippen LogP contribution in [-0.2, 0) is 6.54 Å². The molecule has 1 saturated carbocycles. The van der Waals surface area contributed by atoms with Gasteiger partial charge in [0, 0.05) is 24.7 Å². The van der Waals surface area contributed by atoms with Gasteiger partial charge in [-0.05, 0) is 37.5 Å². The van der Waals surface area contributed by atoms with Crippen LogP contribution in [0.15, 0.2) is 16.6 Å². The number of hydrogen-bond donors (Lipinski definition) is 2. The second kappa shape index (κ2) is 7.62. The molecule has 0 atom stereocenters. The van der Waals surface area contributed by atoms with Gasteiger partial charge in [0.15, 0.2) is 5.96 Å². The Morgan fingerprint density at radius 3 is 2.70 bits per heavy atom. The van der Waals surface area contributed by atoms with Gasteiger partial charge >= 0.3 is 0 Å². The molecular weight excluding hydrogens is 268 g/mol. The van der Waals surface area contributed by atoms with Crippen LogP contribution in [0.25, 0.3) is 0 Å². The molecule has 0 spiro atoms. The number of guanidine groups is 1. The normalized spacial score (nSPS) is 23.9. The minimum atomic E-state index is 0.562. The van der Waals surface area contributed by atoms with Crippen molar-refractivity contribution < 1.29 is 0 Å². The van der Waals surface area contributed by atoms with Crippen LogP contribution in [0, 0.1) is 11.8 Å². The van der Waals surface area contributed by atoms with Gasteiger partial charge in [-0.3, -0.25) is 4.99 Å². The number of nitrogens with one attached hydrogen (secondary N) is 2. The Hall–Kier alpha value is -1.10. The lowest BCUT2D eigenvalue weighted by molar-refractivity contribution is 0.250. The molecule has 0 saturated heterocycles. The summed E-state index contributed by atoms with van der Waals surface area (Å²) in [6, 6.07) is 0.562. The first-order valence-corrected chi connectivity index (χ1v) is 8.42. The second-order valence-electron chi connectivity index (χ2n) is 5.85. The molecule has 0 aromatic carbocycles. The zero-order chi connectivity index (χ0) is 14.4. The summed E-state index contributed by atoms with van der Waals surface area (Å²) in [4.78, 5) is 8.58. The third-order valence-electron chi connectivity index (χ3n) is 4.17. The molecule has 5 heteroatoms. The van der Waals surface area contributed by atoms with Crippen molar-refractivity contribution in [1.29, 1.82) is 0 Å². The van der Waals surface area contributed by atoms with Crippen LogP contribution in [-0.4, -0.2) is 24.0 Å². The van der Waals surface area contributed by atoms with E-state index in [0.717, 1.165) is 29.3 Å². The van der Waals surface area contributed by atoms with E-state index in [9.17, 15) is 0 Å². The van der Waals surface area contributed by atoms with E-state index in [1.165, 1.54) is 25.7 Å². The number of thiazole rings is 1. The van der Waals surface area contributed by atoms with Gasteiger partial charge in [0.2, 0.25) is 0 Å². The lowest BCUT2D eigenvalue weighted by atomic mass is 9.80. The summed E-state index contributed by atoms with van der Waals surface area (Å²) in [5.41, 5.74) is 0. The second-order valence-corrected chi connectivity index (χ2v) is 6.83. The van der Waals surface area contributed by atoms with Gasteiger partial charge in [0.05, 0.1) is 6.54 Å². The zero-order valence-electron chi connectivity index (χ0n) is 12.7. The molecule has 1 fully saturated rings. The van der Waals surface area contributed by atoms with Crippen LogP contribution in [0.2, 0.25) is 0 Å². The molecule has 0 radical (unpaired) electrons. The largest absolute Gasteiger partial charge is 0.354 e. The van der Waals surface area contributed by atoms with Gasteiger partial charge in [0.25, 0.3) is 0 Å². The van der Waals surface area contributed by atoms with Crippen LogP contribution < -0.4 is 10.6 Å². The molecule has 1 aromatic heterocycles. The maximum absolute atomic E-state index is 4.31. The molecule has 0 bridgehead atoms. The minimum Gasteiger partial charge on any atom is -0.354 e. The molecule has 1 heterocycles. The summed E-state index contributed by atoms with van der Waals surface area (Å²) in [6.07, 6.45) is 7.00. The summed E-state index contributed by atoms with van der Waals surface area (Å²) in [7, 11) is 1.83. The first-order chi connectivity index (χ1) is 9.69. The zero-order valence-corrected chi connectivity index (χ0v) is 13.5. The third kappa shape index (κ3) is 4.47. The van der Waals surface area contributed by atoms with Gasteiger partial charge in [-0.25, -0.2) is 4.98 Å². The summed E-state index contributed by atoms with van der Waals surface area (Å²) < 4.78 is 0. The molecule has 112 valence electrons. The Kier molecular flexibility index (Phi) is 5.83. The Bertz CT molecular complexity index is 406. The molecule has 20 heavy (non-hydrogen) atoms. The first kappa shape index (κ1) is 15.3. The van der Waals surface area contributed by atoms with Crippen molar-refractivity contribution in [3.8, 4) is 0 Å². The lowest BCUT2D eigenvalue weighted by Crippen LogP contribution is -2.44. The molecule has 2 rings (SSSR count). The maximum atomic E-state index is 4.31. The lowest BCUT2D eigenvalue weighted by Gasteiger charge is -2.32. The Balaban J connectivity index is 1.74. The van der Waals surface area contributed by atoms with Crippen LogP contribution in [0.4, 0.5) is 0 Å². The molecular formula is C15H26N4S. The topological polar surface area (TPSA) is 49.3 Å². The first-order valence-electron chi connectivity index (χ1n) is 7.54. The predicted molar refractivity (Wildman–Crippen MR) is 86.0 cm³/mol. The number of nitrogens with zero attached hydrogens (tertiary/aromatic N) is 2. The van der Waals surface area contributed by atoms with E-state index in [2.05, 4.69) is 34.5 Å². The number of hydrogen-bond acceptors (Lipinski definition) is 3. The fraction of sp³-hybridized carbons (Fsp3) is 0.733. The van der Waals surface area contributed by atoms with E-state index in [4.69, 9.17) is 0 Å². The van der Waals surface area contributed by atoms with Gasteiger partial charge < -0.3 is 10.6 Å². The van der Waals surface area contributed by atoms with Gasteiger partial charge in [-0.1, -0.05) is 13.8 Å². The summed E-state index contributed by atoms with van der Waals surface area (Å²) in [5, 5.41) is 9.98. The Morgan fingerprint density at radius 1 is 1.40 bits per heavy atom. The van der Waals surface area contributed by atoms with Crippen molar-refractivity contribution in [3.05, 3.63) is 16.6 Å². The predicted octanol–water partition coefficient (Wildman–Crippen LogP) is 3.02. The third-order valence-corrected chi connectivity index (χ3v) is 4.95. The molecule has 0 amide bonds. The SMILES string of the molecule is CN=C(NCc1nccs1)NC1CCC(C(C)C)CC1. The average molecular weight is 294 g/mol. The summed E-state index contributed by atoms with van der Waals surface area (Å²) in [6.45, 7) is 5.43. The molecule has 4 nitrogen and oxygen atoms in total. The summed E-state index contributed by atoms with van der Waals surface area (Å²) >= 11 is 1.67. The smallest absolute Gasteiger partial charge is 0.191 e. The molecule has 1 aromatic rings. The molecule has 2 N–H and O–H groups in total. The van der Waals surface area contributed by atoms with Crippen molar-refractivity contribution in [2.75, 3.05) is 7.05 Å². The molecule has 0 unspecified atom stereocenters. The van der Waals surface area contributed by atoms with Crippen molar-refractivity contribution in [1.82, 2.24) is 15.6 Å². The van der Waals surface area contributed by atoms with Gasteiger partial charge in [-0.15, -0.1) is 11.3 Å². The summed E-state index contributed by atoms with van der Waals surface area (Å²) in [5.74, 6) is 2.62. The Morgan fingerprint density at radius 2 is 2.15 bits per heavy atom. The minimum absolute atomic E-state index is 0.562. The maximum Gasteiger partial charge on any atom is 0.191 e. The molecule has 1 aliphatic carbocycles. The number of aromatic nitrogens is 1. The van der Waals surface area contributed by atoms with Crippen molar-refractivity contribution in [3.63, 3.8) is 0 Å². The number of aliphatic imine (C=N–C) groups is 1. The van der Waals surface area contributed by atoms with E-state index in [1.807, 2.05) is 18.6 Å². The van der Waals surface area contributed by atoms with Crippen molar-refractivity contribution >= 4 is 17.3 Å². The van der Waals surface area contributed by atoms with Crippen LogP contribution in [0.3, 0.4) is 0 Å². The van der Waals surface area contributed by atoms with E-state index in [-0.39, 0.29) is 0 Å². The number of rotatable bonds is 4. The monoisotopic (exact) mass is 294 g/mol. The van der Waals surface area contributed by atoms with Crippen LogP contribution in [0.1, 0.15) is 44.5 Å². The van der Waals surface area contributed by atoms with Gasteiger partial charge in [0.1, 0.15) is 5.01 Å². The van der Waals surface area contributed by atoms with E-state index < -0.39 is 0 Å². The highest BCUT2D eigenvalue weighted by atomic mass is 32.1. The van der Waals surface area contributed by atoms with Crippen LogP contribution >= 0.6 is 11.3 Å². The standard InChI is InChI=1S/C15H26N4S/c1-11(2)12-4-6-13(7-5-12)19-15(16-3)18-10-14-17-8-9-20-14/h8-9,11-13H,4-7,10H2,1-3H3,(H2,16,18,19).